The van der Waals surface area contributed by atoms with Crippen molar-refractivity contribution in [2.24, 2.45) is 0 Å². The minimum Gasteiger partial charge on any atom is -0.381 e. The summed E-state index contributed by atoms with van der Waals surface area (Å²) in [7, 11) is 0. The maximum absolute atomic E-state index is 5.64. The molecule has 1 aromatic rings. The maximum Gasteiger partial charge on any atom is 0.203 e. The fourth-order valence-corrected chi connectivity index (χ4v) is 1.80. The standard InChI is InChI=1S/C6H7ClN2OS/c7-6-8-5(9-11-6)4-1-2-10-3-4/h4H,1-3H2. The van der Waals surface area contributed by atoms with E-state index in [4.69, 9.17) is 16.3 Å². The highest BCUT2D eigenvalue weighted by Crippen LogP contribution is 2.24. The zero-order chi connectivity index (χ0) is 7.68. The van der Waals surface area contributed by atoms with Crippen LogP contribution >= 0.6 is 23.1 Å². The van der Waals surface area contributed by atoms with Gasteiger partial charge < -0.3 is 4.74 Å². The minimum absolute atomic E-state index is 0.374. The highest BCUT2D eigenvalue weighted by molar-refractivity contribution is 7.10. The molecule has 1 fully saturated rings. The predicted molar refractivity (Wildman–Crippen MR) is 43.1 cm³/mol. The van der Waals surface area contributed by atoms with Crippen molar-refractivity contribution >= 4 is 23.1 Å². The first-order valence-corrected chi connectivity index (χ1v) is 4.58. The van der Waals surface area contributed by atoms with Crippen molar-refractivity contribution in [1.29, 1.82) is 0 Å². The van der Waals surface area contributed by atoms with Gasteiger partial charge in [-0.25, -0.2) is 4.98 Å². The van der Waals surface area contributed by atoms with Crippen LogP contribution in [0.4, 0.5) is 0 Å². The average Bonchev–Trinajstić information content (AvgIpc) is 2.55. The van der Waals surface area contributed by atoms with Crippen LogP contribution in [0.2, 0.25) is 4.47 Å². The van der Waals surface area contributed by atoms with E-state index in [1.54, 1.807) is 0 Å². The Labute approximate surface area is 73.5 Å². The first-order chi connectivity index (χ1) is 5.36. The lowest BCUT2D eigenvalue weighted by atomic mass is 10.1. The third-order valence-corrected chi connectivity index (χ3v) is 2.52. The summed E-state index contributed by atoms with van der Waals surface area (Å²) in [4.78, 5) is 4.09. The Morgan fingerprint density at radius 3 is 3.09 bits per heavy atom. The van der Waals surface area contributed by atoms with Crippen LogP contribution in [0.1, 0.15) is 18.2 Å². The first-order valence-electron chi connectivity index (χ1n) is 3.43. The second-order valence-corrected chi connectivity index (χ2v) is 3.80. The molecule has 5 heteroatoms. The minimum atomic E-state index is 0.374. The second-order valence-electron chi connectivity index (χ2n) is 2.47. The second kappa shape index (κ2) is 3.05. The quantitative estimate of drug-likeness (QED) is 0.676. The van der Waals surface area contributed by atoms with E-state index in [9.17, 15) is 0 Å². The summed E-state index contributed by atoms with van der Waals surface area (Å²) >= 11 is 6.88. The summed E-state index contributed by atoms with van der Waals surface area (Å²) in [5.41, 5.74) is 0. The van der Waals surface area contributed by atoms with Gasteiger partial charge in [-0.15, -0.1) is 0 Å². The zero-order valence-corrected chi connectivity index (χ0v) is 7.36. The molecule has 1 aliphatic rings. The highest BCUT2D eigenvalue weighted by Gasteiger charge is 2.21. The number of hydrogen-bond acceptors (Lipinski definition) is 4. The number of ether oxygens (including phenoxy) is 1. The molecule has 1 atom stereocenters. The topological polar surface area (TPSA) is 35.0 Å². The molecular formula is C6H7ClN2OS. The number of hydrogen-bond donors (Lipinski definition) is 0. The summed E-state index contributed by atoms with van der Waals surface area (Å²) in [6, 6.07) is 0. The van der Waals surface area contributed by atoms with E-state index < -0.39 is 0 Å². The van der Waals surface area contributed by atoms with Crippen molar-refractivity contribution in [3.05, 3.63) is 10.3 Å². The van der Waals surface area contributed by atoms with Crippen molar-refractivity contribution < 1.29 is 4.74 Å². The van der Waals surface area contributed by atoms with E-state index in [2.05, 4.69) is 9.36 Å². The third-order valence-electron chi connectivity index (χ3n) is 1.71. The van der Waals surface area contributed by atoms with Crippen molar-refractivity contribution in [1.82, 2.24) is 9.36 Å². The molecule has 0 radical (unpaired) electrons. The van der Waals surface area contributed by atoms with E-state index in [1.807, 2.05) is 0 Å². The number of rotatable bonds is 1. The molecule has 2 heterocycles. The smallest absolute Gasteiger partial charge is 0.203 e. The predicted octanol–water partition coefficient (Wildman–Crippen LogP) is 1.70. The summed E-state index contributed by atoms with van der Waals surface area (Å²) in [5, 5.41) is 0. The third kappa shape index (κ3) is 1.52. The van der Waals surface area contributed by atoms with Gasteiger partial charge in [0.1, 0.15) is 5.82 Å². The van der Waals surface area contributed by atoms with Crippen LogP contribution in [0.15, 0.2) is 0 Å². The SMILES string of the molecule is Clc1nc(C2CCOC2)ns1. The van der Waals surface area contributed by atoms with Crippen molar-refractivity contribution in [3.63, 3.8) is 0 Å². The highest BCUT2D eigenvalue weighted by atomic mass is 35.5. The Kier molecular flexibility index (Phi) is 2.07. The number of aromatic nitrogens is 2. The van der Waals surface area contributed by atoms with Gasteiger partial charge in [-0.1, -0.05) is 0 Å². The molecule has 0 aromatic carbocycles. The molecule has 11 heavy (non-hydrogen) atoms. The fourth-order valence-electron chi connectivity index (χ4n) is 1.12. The van der Waals surface area contributed by atoms with Crippen LogP contribution in [0.5, 0.6) is 0 Å². The summed E-state index contributed by atoms with van der Waals surface area (Å²) in [6.07, 6.45) is 1.02. The number of halogens is 1. The molecule has 0 bridgehead atoms. The van der Waals surface area contributed by atoms with Crippen LogP contribution in [0.3, 0.4) is 0 Å². The van der Waals surface area contributed by atoms with E-state index in [1.165, 1.54) is 11.5 Å². The van der Waals surface area contributed by atoms with E-state index in [0.717, 1.165) is 25.5 Å². The molecule has 0 saturated carbocycles. The summed E-state index contributed by atoms with van der Waals surface area (Å²) in [5.74, 6) is 1.22. The zero-order valence-electron chi connectivity index (χ0n) is 5.79. The van der Waals surface area contributed by atoms with Gasteiger partial charge in [0.05, 0.1) is 6.61 Å². The summed E-state index contributed by atoms with van der Waals surface area (Å²) in [6.45, 7) is 1.56. The van der Waals surface area contributed by atoms with Crippen LogP contribution in [0.25, 0.3) is 0 Å². The van der Waals surface area contributed by atoms with Crippen LogP contribution < -0.4 is 0 Å². The summed E-state index contributed by atoms with van der Waals surface area (Å²) < 4.78 is 9.84. The molecule has 0 N–H and O–H groups in total. The monoisotopic (exact) mass is 190 g/mol. The van der Waals surface area contributed by atoms with Gasteiger partial charge in [0.15, 0.2) is 0 Å². The van der Waals surface area contributed by atoms with E-state index in [-0.39, 0.29) is 0 Å². The maximum atomic E-state index is 5.64. The van der Waals surface area contributed by atoms with Crippen LogP contribution in [-0.2, 0) is 4.74 Å². The molecule has 0 aliphatic carbocycles. The molecule has 60 valence electrons. The van der Waals surface area contributed by atoms with Crippen LogP contribution in [0, 0.1) is 0 Å². The Morgan fingerprint density at radius 2 is 2.55 bits per heavy atom. The van der Waals surface area contributed by atoms with Crippen molar-refractivity contribution in [2.45, 2.75) is 12.3 Å². The molecule has 2 rings (SSSR count). The Balaban J connectivity index is 2.15. The lowest BCUT2D eigenvalue weighted by Gasteiger charge is -1.98. The molecule has 0 spiro atoms. The molecule has 1 aliphatic heterocycles. The molecular weight excluding hydrogens is 184 g/mol. The van der Waals surface area contributed by atoms with E-state index >= 15 is 0 Å². The molecule has 3 nitrogen and oxygen atoms in total. The Bertz CT molecular complexity index is 246. The van der Waals surface area contributed by atoms with Crippen molar-refractivity contribution in [3.8, 4) is 0 Å². The lowest BCUT2D eigenvalue weighted by molar-refractivity contribution is 0.193. The van der Waals surface area contributed by atoms with Gasteiger partial charge in [-0.3, -0.25) is 0 Å². The molecule has 0 amide bonds. The molecule has 1 saturated heterocycles. The van der Waals surface area contributed by atoms with Gasteiger partial charge in [0.2, 0.25) is 4.47 Å². The van der Waals surface area contributed by atoms with Gasteiger partial charge in [-0.05, 0) is 29.6 Å². The van der Waals surface area contributed by atoms with Crippen LogP contribution in [-0.4, -0.2) is 22.6 Å². The molecule has 1 unspecified atom stereocenters. The van der Waals surface area contributed by atoms with Crippen molar-refractivity contribution in [2.75, 3.05) is 13.2 Å². The van der Waals surface area contributed by atoms with Gasteiger partial charge >= 0.3 is 0 Å². The normalized spacial score (nSPS) is 24.3. The molecule has 1 aromatic heterocycles. The fraction of sp³-hybridized carbons (Fsp3) is 0.667. The first kappa shape index (κ1) is 7.46. The number of nitrogens with zero attached hydrogens (tertiary/aromatic N) is 2. The lowest BCUT2D eigenvalue weighted by Crippen LogP contribution is -1.99. The van der Waals surface area contributed by atoms with E-state index in [0.29, 0.717) is 10.4 Å². The largest absolute Gasteiger partial charge is 0.381 e. The Morgan fingerprint density at radius 1 is 1.64 bits per heavy atom. The van der Waals surface area contributed by atoms with Gasteiger partial charge in [0.25, 0.3) is 0 Å². The average molecular weight is 191 g/mol. The van der Waals surface area contributed by atoms with Gasteiger partial charge in [-0.2, -0.15) is 4.37 Å². The van der Waals surface area contributed by atoms with Gasteiger partial charge in [0, 0.05) is 12.5 Å². The Hall–Kier alpha value is -0.190.